The number of anilines is 2. The van der Waals surface area contributed by atoms with Crippen LogP contribution >= 0.6 is 0 Å². The third-order valence-electron chi connectivity index (χ3n) is 4.68. The van der Waals surface area contributed by atoms with E-state index >= 15 is 0 Å². The number of pyridine rings is 1. The summed E-state index contributed by atoms with van der Waals surface area (Å²) in [6.07, 6.45) is 0.978. The van der Waals surface area contributed by atoms with Gasteiger partial charge in [-0.15, -0.1) is 0 Å². The Morgan fingerprint density at radius 1 is 1.11 bits per heavy atom. The fraction of sp³-hybridized carbons (Fsp3) is 0.250. The summed E-state index contributed by atoms with van der Waals surface area (Å²) < 4.78 is 39.1. The molecule has 0 fully saturated rings. The van der Waals surface area contributed by atoms with Gasteiger partial charge in [-0.05, 0) is 49.6 Å². The Hall–Kier alpha value is -3.00. The lowest BCUT2D eigenvalue weighted by molar-refractivity contribution is -0.137. The first kappa shape index (κ1) is 18.4. The van der Waals surface area contributed by atoms with Crippen LogP contribution in [0.4, 0.5) is 24.7 Å². The van der Waals surface area contributed by atoms with Gasteiger partial charge >= 0.3 is 6.18 Å². The SMILES string of the molecule is NC1CCc2nc(-c3cccnc3)nc(Nc3cccc(C(F)(F)F)c3)c2C1. The van der Waals surface area contributed by atoms with Crippen LogP contribution in [0.3, 0.4) is 0 Å². The molecule has 28 heavy (non-hydrogen) atoms. The Kier molecular flexibility index (Phi) is 4.72. The van der Waals surface area contributed by atoms with Crippen molar-refractivity contribution in [2.45, 2.75) is 31.5 Å². The molecule has 2 heterocycles. The number of nitrogens with zero attached hydrogens (tertiary/aromatic N) is 3. The Morgan fingerprint density at radius 2 is 1.96 bits per heavy atom. The lowest BCUT2D eigenvalue weighted by Crippen LogP contribution is -2.29. The van der Waals surface area contributed by atoms with Crippen molar-refractivity contribution in [3.63, 3.8) is 0 Å². The molecule has 0 radical (unpaired) electrons. The fourth-order valence-corrected chi connectivity index (χ4v) is 3.28. The largest absolute Gasteiger partial charge is 0.416 e. The van der Waals surface area contributed by atoms with Crippen molar-refractivity contribution in [1.82, 2.24) is 15.0 Å². The number of benzene rings is 1. The van der Waals surface area contributed by atoms with Gasteiger partial charge in [0.05, 0.1) is 5.56 Å². The van der Waals surface area contributed by atoms with E-state index in [4.69, 9.17) is 5.73 Å². The number of nitrogens with two attached hydrogens (primary N) is 1. The van der Waals surface area contributed by atoms with Gasteiger partial charge in [0.2, 0.25) is 0 Å². The Morgan fingerprint density at radius 3 is 2.71 bits per heavy atom. The zero-order valence-corrected chi connectivity index (χ0v) is 14.9. The van der Waals surface area contributed by atoms with Crippen LogP contribution in [-0.4, -0.2) is 21.0 Å². The average molecular weight is 385 g/mol. The van der Waals surface area contributed by atoms with Gasteiger partial charge in [0.25, 0.3) is 0 Å². The van der Waals surface area contributed by atoms with Crippen LogP contribution in [0, 0.1) is 0 Å². The summed E-state index contributed by atoms with van der Waals surface area (Å²) in [5.41, 5.74) is 8.15. The predicted octanol–water partition coefficient (Wildman–Crippen LogP) is 4.12. The second-order valence-corrected chi connectivity index (χ2v) is 6.77. The number of nitrogens with one attached hydrogen (secondary N) is 1. The highest BCUT2D eigenvalue weighted by molar-refractivity contribution is 5.65. The van der Waals surface area contributed by atoms with Gasteiger partial charge < -0.3 is 11.1 Å². The minimum absolute atomic E-state index is 0.0256. The minimum atomic E-state index is -4.41. The second-order valence-electron chi connectivity index (χ2n) is 6.77. The molecular formula is C20H18F3N5. The molecule has 0 spiro atoms. The molecule has 2 aromatic heterocycles. The summed E-state index contributed by atoms with van der Waals surface area (Å²) in [5, 5.41) is 3.05. The van der Waals surface area contributed by atoms with Gasteiger partial charge in [-0.25, -0.2) is 9.97 Å². The van der Waals surface area contributed by atoms with E-state index in [2.05, 4.69) is 20.3 Å². The topological polar surface area (TPSA) is 76.7 Å². The highest BCUT2D eigenvalue weighted by Gasteiger charge is 2.30. The monoisotopic (exact) mass is 385 g/mol. The number of aryl methyl sites for hydroxylation is 1. The molecule has 0 saturated heterocycles. The number of rotatable bonds is 3. The molecule has 0 aliphatic heterocycles. The zero-order chi connectivity index (χ0) is 19.7. The molecule has 1 atom stereocenters. The van der Waals surface area contributed by atoms with E-state index in [1.54, 1.807) is 24.5 Å². The molecule has 1 aromatic carbocycles. The summed E-state index contributed by atoms with van der Waals surface area (Å²) in [5.74, 6) is 0.968. The quantitative estimate of drug-likeness (QED) is 0.709. The molecule has 1 aliphatic rings. The number of hydrogen-bond acceptors (Lipinski definition) is 5. The Labute approximate surface area is 159 Å². The lowest BCUT2D eigenvalue weighted by Gasteiger charge is -2.24. The van der Waals surface area contributed by atoms with Crippen LogP contribution in [0.1, 0.15) is 23.2 Å². The summed E-state index contributed by atoms with van der Waals surface area (Å²) in [6.45, 7) is 0. The zero-order valence-electron chi connectivity index (χ0n) is 14.9. The normalized spacial score (nSPS) is 16.5. The van der Waals surface area contributed by atoms with E-state index in [9.17, 15) is 13.2 Å². The smallest absolute Gasteiger partial charge is 0.340 e. The molecule has 4 rings (SSSR count). The van der Waals surface area contributed by atoms with E-state index in [1.165, 1.54) is 6.07 Å². The minimum Gasteiger partial charge on any atom is -0.340 e. The number of halogens is 3. The van der Waals surface area contributed by atoms with E-state index in [1.807, 2.05) is 6.07 Å². The highest BCUT2D eigenvalue weighted by atomic mass is 19.4. The van der Waals surface area contributed by atoms with Gasteiger partial charge in [-0.1, -0.05) is 6.07 Å². The third kappa shape index (κ3) is 3.82. The summed E-state index contributed by atoms with van der Waals surface area (Å²) in [7, 11) is 0. The van der Waals surface area contributed by atoms with Crippen molar-refractivity contribution in [2.24, 2.45) is 5.73 Å². The number of hydrogen-bond donors (Lipinski definition) is 2. The second kappa shape index (κ2) is 7.20. The third-order valence-corrected chi connectivity index (χ3v) is 4.68. The van der Waals surface area contributed by atoms with Gasteiger partial charge in [0.1, 0.15) is 5.82 Å². The molecule has 3 N–H and O–H groups in total. The number of alkyl halides is 3. The van der Waals surface area contributed by atoms with Crippen molar-refractivity contribution in [3.05, 3.63) is 65.6 Å². The van der Waals surface area contributed by atoms with Crippen LogP contribution < -0.4 is 11.1 Å². The van der Waals surface area contributed by atoms with Crippen LogP contribution in [0.25, 0.3) is 11.4 Å². The van der Waals surface area contributed by atoms with Crippen LogP contribution in [0.2, 0.25) is 0 Å². The first-order valence-electron chi connectivity index (χ1n) is 8.90. The molecule has 0 saturated carbocycles. The first-order valence-corrected chi connectivity index (χ1v) is 8.90. The predicted molar refractivity (Wildman–Crippen MR) is 100.0 cm³/mol. The van der Waals surface area contributed by atoms with Gasteiger partial charge in [-0.2, -0.15) is 13.2 Å². The highest BCUT2D eigenvalue weighted by Crippen LogP contribution is 2.33. The van der Waals surface area contributed by atoms with E-state index < -0.39 is 11.7 Å². The molecule has 1 unspecified atom stereocenters. The molecule has 8 heteroatoms. The van der Waals surface area contributed by atoms with Crippen molar-refractivity contribution in [3.8, 4) is 11.4 Å². The van der Waals surface area contributed by atoms with Crippen molar-refractivity contribution >= 4 is 11.5 Å². The van der Waals surface area contributed by atoms with Crippen molar-refractivity contribution < 1.29 is 13.2 Å². The van der Waals surface area contributed by atoms with Gasteiger partial charge in [0, 0.05) is 40.9 Å². The van der Waals surface area contributed by atoms with Crippen LogP contribution in [0.15, 0.2) is 48.8 Å². The fourth-order valence-electron chi connectivity index (χ4n) is 3.28. The maximum atomic E-state index is 13.0. The Bertz CT molecular complexity index is 989. The van der Waals surface area contributed by atoms with Crippen LogP contribution in [0.5, 0.6) is 0 Å². The Balaban J connectivity index is 1.77. The van der Waals surface area contributed by atoms with Crippen LogP contribution in [-0.2, 0) is 19.0 Å². The molecule has 1 aliphatic carbocycles. The first-order chi connectivity index (χ1) is 13.4. The number of aromatic nitrogens is 3. The summed E-state index contributed by atoms with van der Waals surface area (Å²) in [6, 6.07) is 8.66. The maximum Gasteiger partial charge on any atom is 0.416 e. The van der Waals surface area contributed by atoms with E-state index in [0.29, 0.717) is 30.2 Å². The van der Waals surface area contributed by atoms with Gasteiger partial charge in [-0.3, -0.25) is 4.98 Å². The molecule has 144 valence electrons. The molecular weight excluding hydrogens is 367 g/mol. The van der Waals surface area contributed by atoms with Crippen molar-refractivity contribution in [1.29, 1.82) is 0 Å². The lowest BCUT2D eigenvalue weighted by atomic mass is 9.92. The van der Waals surface area contributed by atoms with E-state index in [-0.39, 0.29) is 6.04 Å². The molecule has 0 amide bonds. The average Bonchev–Trinajstić information content (AvgIpc) is 2.68. The molecule has 0 bridgehead atoms. The summed E-state index contributed by atoms with van der Waals surface area (Å²) >= 11 is 0. The molecule has 3 aromatic rings. The molecule has 5 nitrogen and oxygen atoms in total. The maximum absolute atomic E-state index is 13.0. The summed E-state index contributed by atoms with van der Waals surface area (Å²) in [4.78, 5) is 13.3. The number of fused-ring (bicyclic) bond motifs is 1. The van der Waals surface area contributed by atoms with Gasteiger partial charge in [0.15, 0.2) is 5.82 Å². The standard InChI is InChI=1S/C20H18F3N5/c21-20(22,23)13-4-1-5-15(9-13)26-19-16-10-14(24)6-7-17(16)27-18(28-19)12-3-2-8-25-11-12/h1-5,8-9,11,14H,6-7,10,24H2,(H,26,27,28). The van der Waals surface area contributed by atoms with Crippen molar-refractivity contribution in [2.75, 3.05) is 5.32 Å². The van der Waals surface area contributed by atoms with E-state index in [0.717, 1.165) is 35.4 Å².